The minimum Gasteiger partial charge on any atom is -0.491 e. The van der Waals surface area contributed by atoms with Crippen molar-refractivity contribution in [2.24, 2.45) is 7.05 Å². The van der Waals surface area contributed by atoms with Gasteiger partial charge < -0.3 is 9.84 Å². The van der Waals surface area contributed by atoms with Crippen LogP contribution in [0.4, 0.5) is 0 Å². The maximum Gasteiger partial charge on any atom is 0.120 e. The first-order chi connectivity index (χ1) is 8.19. The lowest BCUT2D eigenvalue weighted by molar-refractivity contribution is 0.201. The third kappa shape index (κ3) is 2.85. The van der Waals surface area contributed by atoms with Crippen molar-refractivity contribution in [3.05, 3.63) is 36.2 Å². The summed E-state index contributed by atoms with van der Waals surface area (Å²) in [5.74, 6) is 0.776. The lowest BCUT2D eigenvalue weighted by atomic mass is 10.1. The van der Waals surface area contributed by atoms with Gasteiger partial charge in [0.15, 0.2) is 0 Å². The molecule has 0 aliphatic carbocycles. The zero-order valence-corrected chi connectivity index (χ0v) is 10.1. The lowest BCUT2D eigenvalue weighted by Gasteiger charge is -2.07. The number of nitrogens with zero attached hydrogens (tertiary/aromatic N) is 2. The Balaban J connectivity index is 2.31. The maximum atomic E-state index is 8.75. The van der Waals surface area contributed by atoms with E-state index in [9.17, 15) is 0 Å². The highest BCUT2D eigenvalue weighted by molar-refractivity contribution is 5.64. The maximum absolute atomic E-state index is 8.75. The van der Waals surface area contributed by atoms with Crippen LogP contribution in [-0.4, -0.2) is 28.1 Å². The van der Waals surface area contributed by atoms with Crippen molar-refractivity contribution < 1.29 is 9.84 Å². The molecule has 0 amide bonds. The summed E-state index contributed by atoms with van der Waals surface area (Å²) >= 11 is 0. The van der Waals surface area contributed by atoms with Crippen molar-refractivity contribution in [1.29, 1.82) is 0 Å². The number of hydrogen-bond acceptors (Lipinski definition) is 3. The van der Waals surface area contributed by atoms with Gasteiger partial charge >= 0.3 is 0 Å². The molecule has 4 nitrogen and oxygen atoms in total. The number of hydrogen-bond donors (Lipinski definition) is 1. The summed E-state index contributed by atoms with van der Waals surface area (Å²) in [5.41, 5.74) is 3.26. The zero-order valence-electron chi connectivity index (χ0n) is 10.1. The van der Waals surface area contributed by atoms with Crippen LogP contribution in [-0.2, 0) is 7.05 Å². The van der Waals surface area contributed by atoms with Crippen molar-refractivity contribution in [2.75, 3.05) is 13.2 Å². The van der Waals surface area contributed by atoms with Crippen LogP contribution in [0, 0.1) is 6.92 Å². The van der Waals surface area contributed by atoms with E-state index >= 15 is 0 Å². The van der Waals surface area contributed by atoms with Gasteiger partial charge in [0.1, 0.15) is 12.4 Å². The molecule has 0 aliphatic heterocycles. The predicted molar refractivity (Wildman–Crippen MR) is 66.0 cm³/mol. The first-order valence-electron chi connectivity index (χ1n) is 5.53. The molecule has 4 heteroatoms. The Hall–Kier alpha value is -1.81. The van der Waals surface area contributed by atoms with E-state index in [0.29, 0.717) is 6.61 Å². The van der Waals surface area contributed by atoms with E-state index in [1.165, 1.54) is 0 Å². The molecule has 1 aromatic heterocycles. The van der Waals surface area contributed by atoms with E-state index in [1.807, 2.05) is 38.5 Å². The number of rotatable bonds is 4. The van der Waals surface area contributed by atoms with Crippen LogP contribution in [0.3, 0.4) is 0 Å². The van der Waals surface area contributed by atoms with Gasteiger partial charge in [-0.05, 0) is 30.2 Å². The van der Waals surface area contributed by atoms with Gasteiger partial charge in [-0.2, -0.15) is 5.10 Å². The fraction of sp³-hybridized carbons (Fsp3) is 0.308. The summed E-state index contributed by atoms with van der Waals surface area (Å²) < 4.78 is 7.20. The number of ether oxygens (including phenoxy) is 1. The molecule has 17 heavy (non-hydrogen) atoms. The van der Waals surface area contributed by atoms with Gasteiger partial charge in [0.25, 0.3) is 0 Å². The van der Waals surface area contributed by atoms with E-state index < -0.39 is 0 Å². The molecule has 0 radical (unpaired) electrons. The Morgan fingerprint density at radius 3 is 2.76 bits per heavy atom. The first kappa shape index (κ1) is 11.7. The summed E-state index contributed by atoms with van der Waals surface area (Å²) in [5, 5.41) is 12.9. The second kappa shape index (κ2) is 5.01. The summed E-state index contributed by atoms with van der Waals surface area (Å²) in [6, 6.07) is 6.00. The summed E-state index contributed by atoms with van der Waals surface area (Å²) in [6.45, 7) is 2.36. The molecular formula is C13H16N2O2. The highest BCUT2D eigenvalue weighted by atomic mass is 16.5. The van der Waals surface area contributed by atoms with E-state index in [1.54, 1.807) is 4.68 Å². The number of aliphatic hydroxyl groups excluding tert-OH is 1. The fourth-order valence-electron chi connectivity index (χ4n) is 1.73. The van der Waals surface area contributed by atoms with Gasteiger partial charge in [-0.3, -0.25) is 4.68 Å². The van der Waals surface area contributed by atoms with Crippen LogP contribution in [0.1, 0.15) is 5.56 Å². The Labute approximate surface area is 100 Å². The summed E-state index contributed by atoms with van der Waals surface area (Å²) in [7, 11) is 1.89. The number of aryl methyl sites for hydroxylation is 2. The Kier molecular flexibility index (Phi) is 3.44. The molecule has 0 bridgehead atoms. The molecule has 0 atom stereocenters. The van der Waals surface area contributed by atoms with Crippen LogP contribution in [0.2, 0.25) is 0 Å². The van der Waals surface area contributed by atoms with Gasteiger partial charge in [0.05, 0.1) is 12.8 Å². The molecule has 0 aliphatic rings. The molecule has 2 rings (SSSR count). The third-order valence-electron chi connectivity index (χ3n) is 2.45. The van der Waals surface area contributed by atoms with Crippen LogP contribution in [0.25, 0.3) is 11.1 Å². The molecule has 0 fully saturated rings. The molecule has 90 valence electrons. The second-order valence-corrected chi connectivity index (χ2v) is 4.01. The molecule has 1 aromatic carbocycles. The molecule has 2 aromatic rings. The predicted octanol–water partition coefficient (Wildman–Crippen LogP) is 1.77. The van der Waals surface area contributed by atoms with Gasteiger partial charge in [0, 0.05) is 18.8 Å². The fourth-order valence-corrected chi connectivity index (χ4v) is 1.73. The van der Waals surface area contributed by atoms with Crippen LogP contribution < -0.4 is 4.74 Å². The van der Waals surface area contributed by atoms with Crippen molar-refractivity contribution >= 4 is 0 Å². The lowest BCUT2D eigenvalue weighted by Crippen LogP contribution is -2.01. The zero-order chi connectivity index (χ0) is 12.3. The topological polar surface area (TPSA) is 47.3 Å². The highest BCUT2D eigenvalue weighted by Crippen LogP contribution is 2.25. The van der Waals surface area contributed by atoms with E-state index in [0.717, 1.165) is 22.4 Å². The van der Waals surface area contributed by atoms with Crippen molar-refractivity contribution in [2.45, 2.75) is 6.92 Å². The highest BCUT2D eigenvalue weighted by Gasteiger charge is 2.04. The average molecular weight is 232 g/mol. The minimum atomic E-state index is 0.0240. The Morgan fingerprint density at radius 1 is 1.29 bits per heavy atom. The van der Waals surface area contributed by atoms with Crippen molar-refractivity contribution in [3.8, 4) is 16.9 Å². The number of aliphatic hydroxyl groups is 1. The van der Waals surface area contributed by atoms with E-state index in [4.69, 9.17) is 9.84 Å². The first-order valence-corrected chi connectivity index (χ1v) is 5.53. The standard InChI is InChI=1S/C13H16N2O2/c1-10-5-11(12-8-14-15(2)9-12)7-13(6-10)17-4-3-16/h5-9,16H,3-4H2,1-2H3. The van der Waals surface area contributed by atoms with Crippen LogP contribution in [0.5, 0.6) is 5.75 Å². The largest absolute Gasteiger partial charge is 0.491 e. The molecule has 0 unspecified atom stereocenters. The molecule has 0 spiro atoms. The Morgan fingerprint density at radius 2 is 2.12 bits per heavy atom. The third-order valence-corrected chi connectivity index (χ3v) is 2.45. The quantitative estimate of drug-likeness (QED) is 0.873. The van der Waals surface area contributed by atoms with E-state index in [2.05, 4.69) is 11.2 Å². The SMILES string of the molecule is Cc1cc(OCCO)cc(-c2cnn(C)c2)c1. The molecular weight excluding hydrogens is 216 g/mol. The summed E-state index contributed by atoms with van der Waals surface area (Å²) in [4.78, 5) is 0. The summed E-state index contributed by atoms with van der Waals surface area (Å²) in [6.07, 6.45) is 3.79. The van der Waals surface area contributed by atoms with E-state index in [-0.39, 0.29) is 6.61 Å². The number of aromatic nitrogens is 2. The van der Waals surface area contributed by atoms with Crippen LogP contribution >= 0.6 is 0 Å². The molecule has 1 heterocycles. The smallest absolute Gasteiger partial charge is 0.120 e. The Bertz CT molecular complexity index is 506. The number of benzene rings is 1. The van der Waals surface area contributed by atoms with Crippen molar-refractivity contribution in [1.82, 2.24) is 9.78 Å². The molecule has 0 saturated heterocycles. The van der Waals surface area contributed by atoms with Gasteiger partial charge in [-0.25, -0.2) is 0 Å². The van der Waals surface area contributed by atoms with Crippen LogP contribution in [0.15, 0.2) is 30.6 Å². The second-order valence-electron chi connectivity index (χ2n) is 4.01. The molecule has 1 N–H and O–H groups in total. The minimum absolute atomic E-state index is 0.0240. The monoisotopic (exact) mass is 232 g/mol. The molecule has 0 saturated carbocycles. The average Bonchev–Trinajstić information content (AvgIpc) is 2.72. The van der Waals surface area contributed by atoms with Crippen molar-refractivity contribution in [3.63, 3.8) is 0 Å². The van der Waals surface area contributed by atoms with Gasteiger partial charge in [-0.1, -0.05) is 6.07 Å². The van der Waals surface area contributed by atoms with Gasteiger partial charge in [-0.15, -0.1) is 0 Å². The van der Waals surface area contributed by atoms with Gasteiger partial charge in [0.2, 0.25) is 0 Å². The normalized spacial score (nSPS) is 10.5.